The van der Waals surface area contributed by atoms with Gasteiger partial charge in [-0.05, 0) is 144 Å². The molecule has 0 unspecified atom stereocenters. The maximum atomic E-state index is 2.46. The number of benzene rings is 12. The molecule has 0 saturated carbocycles. The van der Waals surface area contributed by atoms with E-state index in [4.69, 9.17) is 0 Å². The van der Waals surface area contributed by atoms with E-state index in [1.54, 1.807) is 0 Å². The number of fused-ring (bicyclic) bond motifs is 2. The highest BCUT2D eigenvalue weighted by molar-refractivity contribution is 6.27. The van der Waals surface area contributed by atoms with Crippen LogP contribution in [0.2, 0.25) is 0 Å². The molecule has 0 amide bonds. The summed E-state index contributed by atoms with van der Waals surface area (Å²) in [5, 5.41) is 20.7. The van der Waals surface area contributed by atoms with Crippen LogP contribution in [-0.2, 0) is 0 Å². The molecule has 0 aliphatic carbocycles. The largest absolute Gasteiger partial charge is 0.0616 e. The molecule has 0 radical (unpaired) electrons. The highest BCUT2D eigenvalue weighted by Gasteiger charge is 2.19. The topological polar surface area (TPSA) is 0 Å². The zero-order valence-corrected chi connectivity index (χ0v) is 28.3. The minimum Gasteiger partial charge on any atom is -0.0616 e. The van der Waals surface area contributed by atoms with E-state index >= 15 is 0 Å². The molecule has 0 saturated heterocycles. The van der Waals surface area contributed by atoms with Crippen molar-refractivity contribution < 1.29 is 0 Å². The molecule has 0 fully saturated rings. The minimum absolute atomic E-state index is 1.24. The van der Waals surface area contributed by atoms with Crippen LogP contribution in [0.1, 0.15) is 0 Å². The third-order valence-electron chi connectivity index (χ3n) is 11.7. The maximum absolute atomic E-state index is 2.46. The molecule has 0 aromatic heterocycles. The fourth-order valence-electron chi connectivity index (χ4n) is 9.33. The highest BCUT2D eigenvalue weighted by Crippen LogP contribution is 2.47. The Morgan fingerprint density at radius 3 is 1.21 bits per heavy atom. The Morgan fingerprint density at radius 1 is 0.192 bits per heavy atom. The lowest BCUT2D eigenvalue weighted by molar-refractivity contribution is 1.64. The van der Waals surface area contributed by atoms with Gasteiger partial charge >= 0.3 is 0 Å². The fraction of sp³-hybridized carbons (Fsp3) is 0. The van der Waals surface area contributed by atoms with Gasteiger partial charge in [0.05, 0.1) is 0 Å². The normalized spacial score (nSPS) is 12.2. The molecule has 0 heterocycles. The SMILES string of the molecule is c1ccc2cc(-c3ccc4ccc5cccc6ccc3c4c56)c(-c3cc(-c4ccc5ccc6cccc7ccc4c5c67)cc4ccccc34)cc2c1. The smallest absolute Gasteiger partial charge is 0.00206 e. The van der Waals surface area contributed by atoms with Crippen LogP contribution >= 0.6 is 0 Å². The van der Waals surface area contributed by atoms with Crippen molar-refractivity contribution in [2.75, 3.05) is 0 Å². The fourth-order valence-corrected chi connectivity index (χ4v) is 9.33. The molecule has 12 aromatic carbocycles. The van der Waals surface area contributed by atoms with Gasteiger partial charge in [-0.15, -0.1) is 0 Å². The van der Waals surface area contributed by atoms with Crippen molar-refractivity contribution in [1.82, 2.24) is 0 Å². The predicted molar refractivity (Wildman–Crippen MR) is 225 cm³/mol. The second-order valence-electron chi connectivity index (χ2n) is 14.4. The van der Waals surface area contributed by atoms with Crippen molar-refractivity contribution in [1.29, 1.82) is 0 Å². The van der Waals surface area contributed by atoms with Crippen molar-refractivity contribution >= 4 is 86.2 Å². The van der Waals surface area contributed by atoms with Crippen LogP contribution in [0.15, 0.2) is 182 Å². The first-order chi connectivity index (χ1) is 25.8. The van der Waals surface area contributed by atoms with Gasteiger partial charge in [0, 0.05) is 0 Å². The molecular formula is C52H30. The lowest BCUT2D eigenvalue weighted by atomic mass is 9.84. The van der Waals surface area contributed by atoms with Crippen LogP contribution in [0.25, 0.3) is 120 Å². The number of rotatable bonds is 3. The average molecular weight is 655 g/mol. The molecule has 0 bridgehead atoms. The van der Waals surface area contributed by atoms with Crippen molar-refractivity contribution in [3.63, 3.8) is 0 Å². The Bertz CT molecular complexity index is 3370. The molecule has 0 spiro atoms. The molecule has 0 nitrogen and oxygen atoms in total. The third-order valence-corrected chi connectivity index (χ3v) is 11.7. The average Bonchev–Trinajstić information content (AvgIpc) is 3.21. The summed E-state index contributed by atoms with van der Waals surface area (Å²) in [7, 11) is 0. The molecule has 0 aliphatic rings. The molecule has 12 aromatic rings. The van der Waals surface area contributed by atoms with Gasteiger partial charge in [0.2, 0.25) is 0 Å². The maximum Gasteiger partial charge on any atom is -0.00206 e. The minimum atomic E-state index is 1.24. The number of hydrogen-bond donors (Lipinski definition) is 0. The summed E-state index contributed by atoms with van der Waals surface area (Å²) in [6, 6.07) is 68.4. The summed E-state index contributed by atoms with van der Waals surface area (Å²) in [5.74, 6) is 0. The zero-order valence-electron chi connectivity index (χ0n) is 28.3. The van der Waals surface area contributed by atoms with Gasteiger partial charge in [0.1, 0.15) is 0 Å². The van der Waals surface area contributed by atoms with Gasteiger partial charge in [-0.2, -0.15) is 0 Å². The zero-order chi connectivity index (χ0) is 33.9. The summed E-state index contributed by atoms with van der Waals surface area (Å²) < 4.78 is 0. The van der Waals surface area contributed by atoms with E-state index in [0.29, 0.717) is 0 Å². The van der Waals surface area contributed by atoms with E-state index in [1.807, 2.05) is 0 Å². The quantitative estimate of drug-likeness (QED) is 0.166. The van der Waals surface area contributed by atoms with E-state index < -0.39 is 0 Å². The predicted octanol–water partition coefficient (Wildman–Crippen LogP) is 14.8. The van der Waals surface area contributed by atoms with E-state index in [-0.39, 0.29) is 0 Å². The van der Waals surface area contributed by atoms with Gasteiger partial charge in [-0.3, -0.25) is 0 Å². The van der Waals surface area contributed by atoms with Crippen molar-refractivity contribution in [3.05, 3.63) is 182 Å². The Labute approximate surface area is 300 Å². The monoisotopic (exact) mass is 654 g/mol. The third kappa shape index (κ3) is 3.87. The van der Waals surface area contributed by atoms with E-state index in [1.165, 1.54) is 120 Å². The lowest BCUT2D eigenvalue weighted by Crippen LogP contribution is -1.93. The molecule has 0 heteroatoms. The molecule has 0 atom stereocenters. The Morgan fingerprint density at radius 2 is 0.615 bits per heavy atom. The van der Waals surface area contributed by atoms with E-state index in [2.05, 4.69) is 182 Å². The first-order valence-corrected chi connectivity index (χ1v) is 18.2. The summed E-state index contributed by atoms with van der Waals surface area (Å²) in [6.07, 6.45) is 0. The van der Waals surface area contributed by atoms with Crippen LogP contribution in [0.3, 0.4) is 0 Å². The standard InChI is InChI=1S/C52H30/c1-2-8-38-29-48(47(28-37(38)7-1)43-24-20-36-18-16-32-11-6-13-34-22-26-45(43)52(36)50(32)34)46-30-40(27-39-9-3-4-14-41(39)46)42-23-19-35-17-15-31-10-5-12-33-21-25-44(42)51(35)49(31)33/h1-30H. The summed E-state index contributed by atoms with van der Waals surface area (Å²) in [4.78, 5) is 0. The molecule has 0 aliphatic heterocycles. The van der Waals surface area contributed by atoms with Crippen LogP contribution in [0.4, 0.5) is 0 Å². The second-order valence-corrected chi connectivity index (χ2v) is 14.4. The molecule has 12 rings (SSSR count). The van der Waals surface area contributed by atoms with Gasteiger partial charge in [-0.25, -0.2) is 0 Å². The molecule has 52 heavy (non-hydrogen) atoms. The van der Waals surface area contributed by atoms with Gasteiger partial charge in [0.25, 0.3) is 0 Å². The Balaban J connectivity index is 1.18. The van der Waals surface area contributed by atoms with Crippen LogP contribution in [0, 0.1) is 0 Å². The first-order valence-electron chi connectivity index (χ1n) is 18.2. The van der Waals surface area contributed by atoms with E-state index in [0.717, 1.165) is 0 Å². The summed E-state index contributed by atoms with van der Waals surface area (Å²) in [6.45, 7) is 0. The van der Waals surface area contributed by atoms with Crippen LogP contribution in [-0.4, -0.2) is 0 Å². The van der Waals surface area contributed by atoms with Crippen LogP contribution in [0.5, 0.6) is 0 Å². The van der Waals surface area contributed by atoms with E-state index in [9.17, 15) is 0 Å². The highest BCUT2D eigenvalue weighted by atomic mass is 14.2. The summed E-state index contributed by atoms with van der Waals surface area (Å²) >= 11 is 0. The van der Waals surface area contributed by atoms with Crippen molar-refractivity contribution in [2.24, 2.45) is 0 Å². The summed E-state index contributed by atoms with van der Waals surface area (Å²) in [5.41, 5.74) is 7.54. The van der Waals surface area contributed by atoms with Crippen LogP contribution < -0.4 is 0 Å². The van der Waals surface area contributed by atoms with Crippen molar-refractivity contribution in [3.8, 4) is 33.4 Å². The molecular weight excluding hydrogens is 625 g/mol. The van der Waals surface area contributed by atoms with Gasteiger partial charge < -0.3 is 0 Å². The second kappa shape index (κ2) is 10.4. The lowest BCUT2D eigenvalue weighted by Gasteiger charge is -2.20. The Kier molecular flexibility index (Phi) is 5.59. The van der Waals surface area contributed by atoms with Gasteiger partial charge in [0.15, 0.2) is 0 Å². The van der Waals surface area contributed by atoms with Crippen molar-refractivity contribution in [2.45, 2.75) is 0 Å². The molecule has 238 valence electrons. The molecule has 0 N–H and O–H groups in total. The Hall–Kier alpha value is -6.76. The number of hydrogen-bond acceptors (Lipinski definition) is 0. The first kappa shape index (κ1) is 28.0. The van der Waals surface area contributed by atoms with Gasteiger partial charge in [-0.1, -0.05) is 158 Å².